The average molecular weight is 381 g/mol. The molecule has 2 N–H and O–H groups in total. The summed E-state index contributed by atoms with van der Waals surface area (Å²) in [5.74, 6) is 1.93. The maximum Gasteiger partial charge on any atom is 0.121 e. The summed E-state index contributed by atoms with van der Waals surface area (Å²) in [4.78, 5) is 18.9. The zero-order valence-corrected chi connectivity index (χ0v) is 16.3. The van der Waals surface area contributed by atoms with Gasteiger partial charge in [-0.3, -0.25) is 4.90 Å². The van der Waals surface area contributed by atoms with Crippen molar-refractivity contribution in [1.29, 1.82) is 0 Å². The lowest BCUT2D eigenvalue weighted by Crippen LogP contribution is -2.27. The van der Waals surface area contributed by atoms with E-state index in [1.807, 2.05) is 36.4 Å². The fraction of sp³-hybridized carbons (Fsp3) is 0.167. The van der Waals surface area contributed by atoms with Gasteiger partial charge in [-0.15, -0.1) is 0 Å². The molecule has 5 heteroatoms. The Hall–Kier alpha value is -3.44. The van der Waals surface area contributed by atoms with Crippen LogP contribution in [0.1, 0.15) is 30.2 Å². The Morgan fingerprint density at radius 2 is 1.17 bits per heavy atom. The summed E-state index contributed by atoms with van der Waals surface area (Å²) in [6, 6.07) is 27.1. The van der Waals surface area contributed by atoms with E-state index in [2.05, 4.69) is 64.3 Å². The molecule has 0 saturated carbocycles. The first-order valence-electron chi connectivity index (χ1n) is 9.92. The normalized spacial score (nSPS) is 12.8. The third-order valence-corrected chi connectivity index (χ3v) is 5.41. The Kier molecular flexibility index (Phi) is 4.58. The van der Waals surface area contributed by atoms with E-state index in [4.69, 9.17) is 9.97 Å². The molecule has 29 heavy (non-hydrogen) atoms. The molecule has 0 aliphatic carbocycles. The molecule has 0 spiro atoms. The molecule has 0 bridgehead atoms. The van der Waals surface area contributed by atoms with E-state index in [1.54, 1.807) is 0 Å². The van der Waals surface area contributed by atoms with Crippen LogP contribution in [0.15, 0.2) is 78.9 Å². The summed E-state index contributed by atoms with van der Waals surface area (Å²) in [6.45, 7) is 3.66. The van der Waals surface area contributed by atoms with Crippen LogP contribution in [-0.2, 0) is 13.1 Å². The number of aromatic amines is 2. The maximum atomic E-state index is 4.79. The third-order valence-electron chi connectivity index (χ3n) is 5.41. The Labute approximate surface area is 169 Å². The standard InChI is InChI=1S/C24H23N5/c1-17(18-9-3-2-4-10-18)29(15-23-25-19-11-5-6-12-20(19)26-23)16-24-27-21-13-7-8-14-22(21)28-24/h2-14,17H,15-16H2,1H3,(H,25,26)(H,27,28). The van der Waals surface area contributed by atoms with Gasteiger partial charge in [0, 0.05) is 6.04 Å². The van der Waals surface area contributed by atoms with Crippen molar-refractivity contribution in [2.24, 2.45) is 0 Å². The monoisotopic (exact) mass is 381 g/mol. The average Bonchev–Trinajstić information content (AvgIpc) is 3.36. The molecule has 0 saturated heterocycles. The van der Waals surface area contributed by atoms with E-state index in [0.29, 0.717) is 13.1 Å². The molecule has 0 aliphatic heterocycles. The molecule has 1 atom stereocenters. The van der Waals surface area contributed by atoms with Gasteiger partial charge in [0.25, 0.3) is 0 Å². The lowest BCUT2D eigenvalue weighted by molar-refractivity contribution is 0.183. The molecular weight excluding hydrogens is 358 g/mol. The highest BCUT2D eigenvalue weighted by Crippen LogP contribution is 2.25. The van der Waals surface area contributed by atoms with E-state index >= 15 is 0 Å². The fourth-order valence-corrected chi connectivity index (χ4v) is 3.82. The van der Waals surface area contributed by atoms with Gasteiger partial charge < -0.3 is 9.97 Å². The number of nitrogens with zero attached hydrogens (tertiary/aromatic N) is 3. The van der Waals surface area contributed by atoms with Gasteiger partial charge in [-0.1, -0.05) is 54.6 Å². The van der Waals surface area contributed by atoms with E-state index in [9.17, 15) is 0 Å². The highest BCUT2D eigenvalue weighted by molar-refractivity contribution is 5.75. The highest BCUT2D eigenvalue weighted by atomic mass is 15.2. The molecule has 0 aliphatic rings. The molecular formula is C24H23N5. The van der Waals surface area contributed by atoms with Crippen molar-refractivity contribution >= 4 is 22.1 Å². The first-order chi connectivity index (χ1) is 14.3. The topological polar surface area (TPSA) is 60.6 Å². The first kappa shape index (κ1) is 17.6. The van der Waals surface area contributed by atoms with Gasteiger partial charge in [0.2, 0.25) is 0 Å². The summed E-state index contributed by atoms with van der Waals surface area (Å²) < 4.78 is 0. The van der Waals surface area contributed by atoms with Crippen molar-refractivity contribution in [3.05, 3.63) is 96.1 Å². The second-order valence-electron chi connectivity index (χ2n) is 7.39. The van der Waals surface area contributed by atoms with Crippen LogP contribution >= 0.6 is 0 Å². The zero-order chi connectivity index (χ0) is 19.6. The second kappa shape index (κ2) is 7.53. The van der Waals surface area contributed by atoms with Crippen LogP contribution in [-0.4, -0.2) is 24.8 Å². The van der Waals surface area contributed by atoms with E-state index < -0.39 is 0 Å². The SMILES string of the molecule is CC(c1ccccc1)N(Cc1nc2ccccc2[nH]1)Cc1nc2ccccc2[nH]1. The largest absolute Gasteiger partial charge is 0.341 e. The predicted octanol–water partition coefficient (Wildman–Crippen LogP) is 5.20. The molecule has 0 radical (unpaired) electrons. The van der Waals surface area contributed by atoms with Crippen LogP contribution in [0.25, 0.3) is 22.1 Å². The summed E-state index contributed by atoms with van der Waals surface area (Å²) in [5, 5.41) is 0. The van der Waals surface area contributed by atoms with Crippen LogP contribution < -0.4 is 0 Å². The molecule has 144 valence electrons. The van der Waals surface area contributed by atoms with Crippen LogP contribution in [0.5, 0.6) is 0 Å². The van der Waals surface area contributed by atoms with E-state index in [1.165, 1.54) is 5.56 Å². The van der Waals surface area contributed by atoms with Crippen molar-refractivity contribution in [1.82, 2.24) is 24.8 Å². The summed E-state index contributed by atoms with van der Waals surface area (Å²) in [6.07, 6.45) is 0. The number of H-pyrrole nitrogens is 2. The van der Waals surface area contributed by atoms with Crippen LogP contribution in [0.4, 0.5) is 0 Å². The van der Waals surface area contributed by atoms with E-state index in [-0.39, 0.29) is 6.04 Å². The number of aromatic nitrogens is 4. The molecule has 0 fully saturated rings. The zero-order valence-electron chi connectivity index (χ0n) is 16.3. The molecule has 2 aromatic heterocycles. The fourth-order valence-electron chi connectivity index (χ4n) is 3.82. The van der Waals surface area contributed by atoms with Crippen molar-refractivity contribution < 1.29 is 0 Å². The Balaban J connectivity index is 1.47. The molecule has 1 unspecified atom stereocenters. The maximum absolute atomic E-state index is 4.79. The molecule has 3 aromatic carbocycles. The third kappa shape index (κ3) is 3.65. The van der Waals surface area contributed by atoms with Gasteiger partial charge in [0.1, 0.15) is 11.6 Å². The minimum atomic E-state index is 0.220. The van der Waals surface area contributed by atoms with Gasteiger partial charge in [0.15, 0.2) is 0 Å². The summed E-state index contributed by atoms with van der Waals surface area (Å²) in [7, 11) is 0. The second-order valence-corrected chi connectivity index (χ2v) is 7.39. The van der Waals surface area contributed by atoms with Crippen molar-refractivity contribution in [2.45, 2.75) is 26.1 Å². The molecule has 2 heterocycles. The number of para-hydroxylation sites is 4. The number of hydrogen-bond acceptors (Lipinski definition) is 3. The van der Waals surface area contributed by atoms with Gasteiger partial charge in [0.05, 0.1) is 35.2 Å². The Bertz CT molecular complexity index is 1100. The van der Waals surface area contributed by atoms with Gasteiger partial charge in [-0.25, -0.2) is 9.97 Å². The van der Waals surface area contributed by atoms with E-state index in [0.717, 1.165) is 33.7 Å². The number of nitrogens with one attached hydrogen (secondary N) is 2. The smallest absolute Gasteiger partial charge is 0.121 e. The van der Waals surface area contributed by atoms with Crippen LogP contribution in [0, 0.1) is 0 Å². The first-order valence-corrected chi connectivity index (χ1v) is 9.92. The lowest BCUT2D eigenvalue weighted by Gasteiger charge is -2.28. The van der Waals surface area contributed by atoms with Gasteiger partial charge in [-0.2, -0.15) is 0 Å². The number of rotatable bonds is 6. The minimum absolute atomic E-state index is 0.220. The number of fused-ring (bicyclic) bond motifs is 2. The van der Waals surface area contributed by atoms with Gasteiger partial charge >= 0.3 is 0 Å². The Morgan fingerprint density at radius 1 is 0.690 bits per heavy atom. The quantitative estimate of drug-likeness (QED) is 0.425. The van der Waals surface area contributed by atoms with Crippen LogP contribution in [0.2, 0.25) is 0 Å². The van der Waals surface area contributed by atoms with Crippen molar-refractivity contribution in [3.8, 4) is 0 Å². The predicted molar refractivity (Wildman–Crippen MR) is 116 cm³/mol. The van der Waals surface area contributed by atoms with Crippen LogP contribution in [0.3, 0.4) is 0 Å². The number of hydrogen-bond donors (Lipinski definition) is 2. The van der Waals surface area contributed by atoms with Crippen molar-refractivity contribution in [2.75, 3.05) is 0 Å². The Morgan fingerprint density at radius 3 is 1.69 bits per heavy atom. The molecule has 0 amide bonds. The highest BCUT2D eigenvalue weighted by Gasteiger charge is 2.19. The lowest BCUT2D eigenvalue weighted by atomic mass is 10.1. The molecule has 5 aromatic rings. The molecule has 5 rings (SSSR count). The summed E-state index contributed by atoms with van der Waals surface area (Å²) >= 11 is 0. The van der Waals surface area contributed by atoms with Crippen molar-refractivity contribution in [3.63, 3.8) is 0 Å². The van der Waals surface area contributed by atoms with Gasteiger partial charge in [-0.05, 0) is 36.8 Å². The molecule has 5 nitrogen and oxygen atoms in total. The number of benzene rings is 3. The number of imidazole rings is 2. The minimum Gasteiger partial charge on any atom is -0.341 e. The summed E-state index contributed by atoms with van der Waals surface area (Å²) in [5.41, 5.74) is 5.41.